The van der Waals surface area contributed by atoms with Crippen LogP contribution in [0.3, 0.4) is 0 Å². The lowest BCUT2D eigenvalue weighted by molar-refractivity contribution is 0.586. The van der Waals surface area contributed by atoms with Gasteiger partial charge in [-0.2, -0.15) is 0 Å². The summed E-state index contributed by atoms with van der Waals surface area (Å²) in [6, 6.07) is 6.04. The minimum atomic E-state index is -3.22. The summed E-state index contributed by atoms with van der Waals surface area (Å²) in [5.41, 5.74) is 2.86. The quantitative estimate of drug-likeness (QED) is 0.838. The second kappa shape index (κ2) is 4.90. The third kappa shape index (κ3) is 2.52. The minimum Gasteiger partial charge on any atom is -0.311 e. The Morgan fingerprint density at radius 3 is 2.50 bits per heavy atom. The number of benzene rings is 1. The summed E-state index contributed by atoms with van der Waals surface area (Å²) >= 11 is 0. The third-order valence-electron chi connectivity index (χ3n) is 3.32. The summed E-state index contributed by atoms with van der Waals surface area (Å²) in [6.45, 7) is 6.95. The van der Waals surface area contributed by atoms with E-state index in [0.29, 0.717) is 13.1 Å². The standard InChI is InChI=1S/C13H20N2O2S/c1-10-5-4-6-11(2)13(10)15-9-12(3)14-7-8-18(15,16)17/h4-6,12,14H,7-9H2,1-3H3. The Hall–Kier alpha value is -1.07. The molecular formula is C13H20N2O2S. The molecule has 1 unspecified atom stereocenters. The highest BCUT2D eigenvalue weighted by Crippen LogP contribution is 2.28. The van der Waals surface area contributed by atoms with Crippen LogP contribution < -0.4 is 9.62 Å². The lowest BCUT2D eigenvalue weighted by atomic mass is 10.1. The van der Waals surface area contributed by atoms with Crippen LogP contribution in [-0.4, -0.2) is 33.3 Å². The Morgan fingerprint density at radius 2 is 1.89 bits per heavy atom. The molecule has 0 bridgehead atoms. The maximum absolute atomic E-state index is 12.3. The maximum atomic E-state index is 12.3. The summed E-state index contributed by atoms with van der Waals surface area (Å²) in [5.74, 6) is 0.158. The van der Waals surface area contributed by atoms with Gasteiger partial charge in [-0.3, -0.25) is 4.31 Å². The van der Waals surface area contributed by atoms with Gasteiger partial charge in [0.05, 0.1) is 11.4 Å². The van der Waals surface area contributed by atoms with Crippen molar-refractivity contribution in [3.63, 3.8) is 0 Å². The molecule has 0 saturated carbocycles. The van der Waals surface area contributed by atoms with Crippen molar-refractivity contribution in [3.05, 3.63) is 29.3 Å². The van der Waals surface area contributed by atoms with Crippen molar-refractivity contribution >= 4 is 15.7 Å². The van der Waals surface area contributed by atoms with Gasteiger partial charge < -0.3 is 5.32 Å². The fourth-order valence-corrected chi connectivity index (χ4v) is 4.01. The predicted molar refractivity (Wildman–Crippen MR) is 74.5 cm³/mol. The highest BCUT2D eigenvalue weighted by molar-refractivity contribution is 7.92. The van der Waals surface area contributed by atoms with Gasteiger partial charge >= 0.3 is 0 Å². The van der Waals surface area contributed by atoms with E-state index in [0.717, 1.165) is 16.8 Å². The molecule has 0 aliphatic carbocycles. The molecule has 100 valence electrons. The maximum Gasteiger partial charge on any atom is 0.236 e. The van der Waals surface area contributed by atoms with Gasteiger partial charge in [0.1, 0.15) is 0 Å². The van der Waals surface area contributed by atoms with Gasteiger partial charge in [-0.25, -0.2) is 8.42 Å². The largest absolute Gasteiger partial charge is 0.311 e. The van der Waals surface area contributed by atoms with Crippen molar-refractivity contribution in [2.75, 3.05) is 23.1 Å². The molecule has 1 N–H and O–H groups in total. The van der Waals surface area contributed by atoms with E-state index in [4.69, 9.17) is 0 Å². The second-order valence-corrected chi connectivity index (χ2v) is 6.96. The van der Waals surface area contributed by atoms with E-state index in [1.807, 2.05) is 39.0 Å². The fraction of sp³-hybridized carbons (Fsp3) is 0.538. The van der Waals surface area contributed by atoms with Crippen molar-refractivity contribution in [2.24, 2.45) is 0 Å². The monoisotopic (exact) mass is 268 g/mol. The number of nitrogens with zero attached hydrogens (tertiary/aromatic N) is 1. The van der Waals surface area contributed by atoms with Crippen LogP contribution in [0.1, 0.15) is 18.1 Å². The zero-order chi connectivity index (χ0) is 13.3. The number of hydrogen-bond acceptors (Lipinski definition) is 3. The van der Waals surface area contributed by atoms with Gasteiger partial charge in [-0.1, -0.05) is 18.2 Å². The van der Waals surface area contributed by atoms with E-state index >= 15 is 0 Å². The number of nitrogens with one attached hydrogen (secondary N) is 1. The molecule has 0 amide bonds. The molecule has 1 atom stereocenters. The van der Waals surface area contributed by atoms with Crippen LogP contribution in [0, 0.1) is 13.8 Å². The van der Waals surface area contributed by atoms with E-state index in [-0.39, 0.29) is 11.8 Å². The Bertz CT molecular complexity index is 520. The van der Waals surface area contributed by atoms with Gasteiger partial charge in [0.2, 0.25) is 10.0 Å². The minimum absolute atomic E-state index is 0.158. The van der Waals surface area contributed by atoms with Crippen LogP contribution in [-0.2, 0) is 10.0 Å². The van der Waals surface area contributed by atoms with Gasteiger partial charge in [0.25, 0.3) is 0 Å². The molecule has 1 aromatic rings. The highest BCUT2D eigenvalue weighted by atomic mass is 32.2. The van der Waals surface area contributed by atoms with Crippen LogP contribution in [0.15, 0.2) is 18.2 Å². The van der Waals surface area contributed by atoms with Crippen molar-refractivity contribution in [2.45, 2.75) is 26.8 Å². The number of aryl methyl sites for hydroxylation is 2. The first-order valence-electron chi connectivity index (χ1n) is 6.22. The van der Waals surface area contributed by atoms with Gasteiger partial charge in [-0.05, 0) is 31.9 Å². The lowest BCUT2D eigenvalue weighted by Gasteiger charge is -2.27. The Balaban J connectivity index is 2.52. The van der Waals surface area contributed by atoms with E-state index in [9.17, 15) is 8.42 Å². The molecule has 1 aromatic carbocycles. The summed E-state index contributed by atoms with van der Waals surface area (Å²) in [6.07, 6.45) is 0. The molecule has 0 spiro atoms. The molecule has 2 rings (SSSR count). The SMILES string of the molecule is Cc1cccc(C)c1N1CC(C)NCCS1(=O)=O. The van der Waals surface area contributed by atoms with E-state index in [1.54, 1.807) is 4.31 Å². The van der Waals surface area contributed by atoms with E-state index < -0.39 is 10.0 Å². The molecule has 1 saturated heterocycles. The normalized spacial score (nSPS) is 23.7. The first kappa shape index (κ1) is 13.4. The Kier molecular flexibility index (Phi) is 3.64. The van der Waals surface area contributed by atoms with Gasteiger partial charge in [0, 0.05) is 19.1 Å². The van der Waals surface area contributed by atoms with Crippen LogP contribution in [0.4, 0.5) is 5.69 Å². The Morgan fingerprint density at radius 1 is 1.28 bits per heavy atom. The molecule has 1 fully saturated rings. The summed E-state index contributed by atoms with van der Waals surface area (Å²) in [5, 5.41) is 3.22. The van der Waals surface area contributed by atoms with Crippen molar-refractivity contribution in [1.29, 1.82) is 0 Å². The molecule has 5 heteroatoms. The second-order valence-electron chi connectivity index (χ2n) is 4.94. The summed E-state index contributed by atoms with van der Waals surface area (Å²) in [4.78, 5) is 0. The summed E-state index contributed by atoms with van der Waals surface area (Å²) < 4.78 is 26.2. The molecule has 1 aliphatic heterocycles. The molecular weight excluding hydrogens is 248 g/mol. The van der Waals surface area contributed by atoms with E-state index in [1.165, 1.54) is 0 Å². The first-order chi connectivity index (χ1) is 8.42. The smallest absolute Gasteiger partial charge is 0.236 e. The molecule has 4 nitrogen and oxygen atoms in total. The fourth-order valence-electron chi connectivity index (χ4n) is 2.40. The topological polar surface area (TPSA) is 49.4 Å². The number of hydrogen-bond donors (Lipinski definition) is 1. The number of sulfonamides is 1. The van der Waals surface area contributed by atoms with Gasteiger partial charge in [0.15, 0.2) is 0 Å². The van der Waals surface area contributed by atoms with Crippen LogP contribution in [0.2, 0.25) is 0 Å². The average Bonchev–Trinajstić information content (AvgIpc) is 2.38. The van der Waals surface area contributed by atoms with Crippen molar-refractivity contribution < 1.29 is 8.42 Å². The molecule has 0 radical (unpaired) electrons. The Labute approximate surface area is 109 Å². The lowest BCUT2D eigenvalue weighted by Crippen LogP contribution is -2.38. The first-order valence-corrected chi connectivity index (χ1v) is 7.83. The summed E-state index contributed by atoms with van der Waals surface area (Å²) in [7, 11) is -3.22. The van der Waals surface area contributed by atoms with Crippen LogP contribution in [0.5, 0.6) is 0 Å². The molecule has 18 heavy (non-hydrogen) atoms. The van der Waals surface area contributed by atoms with Crippen molar-refractivity contribution in [3.8, 4) is 0 Å². The highest BCUT2D eigenvalue weighted by Gasteiger charge is 2.29. The van der Waals surface area contributed by atoms with Gasteiger partial charge in [-0.15, -0.1) is 0 Å². The van der Waals surface area contributed by atoms with Crippen molar-refractivity contribution in [1.82, 2.24) is 5.32 Å². The zero-order valence-electron chi connectivity index (χ0n) is 11.1. The predicted octanol–water partition coefficient (Wildman–Crippen LogP) is 1.43. The molecule has 1 heterocycles. The average molecular weight is 268 g/mol. The zero-order valence-corrected chi connectivity index (χ0v) is 11.9. The van der Waals surface area contributed by atoms with E-state index in [2.05, 4.69) is 5.32 Å². The number of para-hydroxylation sites is 1. The number of rotatable bonds is 1. The van der Waals surface area contributed by atoms with Crippen LogP contribution in [0.25, 0.3) is 0 Å². The van der Waals surface area contributed by atoms with Crippen LogP contribution >= 0.6 is 0 Å². The third-order valence-corrected chi connectivity index (χ3v) is 5.04. The number of anilines is 1. The molecule has 1 aliphatic rings. The molecule has 0 aromatic heterocycles.